The molecular formula is C22H28FN3O2. The van der Waals surface area contributed by atoms with Gasteiger partial charge in [-0.25, -0.2) is 9.18 Å². The number of rotatable bonds is 5. The van der Waals surface area contributed by atoms with Crippen molar-refractivity contribution in [1.29, 1.82) is 0 Å². The average molecular weight is 385 g/mol. The highest BCUT2D eigenvalue weighted by Gasteiger charge is 2.27. The van der Waals surface area contributed by atoms with Crippen LogP contribution in [0.5, 0.6) is 0 Å². The van der Waals surface area contributed by atoms with Gasteiger partial charge in [-0.3, -0.25) is 4.68 Å². The molecule has 28 heavy (non-hydrogen) atoms. The Morgan fingerprint density at radius 2 is 1.96 bits per heavy atom. The summed E-state index contributed by atoms with van der Waals surface area (Å²) < 4.78 is 15.7. The van der Waals surface area contributed by atoms with Crippen molar-refractivity contribution in [3.8, 4) is 0 Å². The monoisotopic (exact) mass is 385 g/mol. The van der Waals surface area contributed by atoms with E-state index in [4.69, 9.17) is 0 Å². The van der Waals surface area contributed by atoms with E-state index >= 15 is 0 Å². The van der Waals surface area contributed by atoms with E-state index < -0.39 is 5.97 Å². The van der Waals surface area contributed by atoms with Gasteiger partial charge in [0.25, 0.3) is 0 Å². The van der Waals surface area contributed by atoms with Gasteiger partial charge in [-0.1, -0.05) is 0 Å². The number of nitrogens with zero attached hydrogens (tertiary/aromatic N) is 3. The van der Waals surface area contributed by atoms with Gasteiger partial charge < -0.3 is 10.0 Å². The lowest BCUT2D eigenvalue weighted by atomic mass is 9.92. The lowest BCUT2D eigenvalue weighted by molar-refractivity contribution is 0.0688. The van der Waals surface area contributed by atoms with Gasteiger partial charge in [0, 0.05) is 36.6 Å². The number of anilines is 1. The molecule has 1 aromatic heterocycles. The molecule has 1 aliphatic carbocycles. The Kier molecular flexibility index (Phi) is 5.13. The highest BCUT2D eigenvalue weighted by atomic mass is 19.1. The van der Waals surface area contributed by atoms with Crippen molar-refractivity contribution in [3.63, 3.8) is 0 Å². The second-order valence-electron chi connectivity index (χ2n) is 8.19. The third-order valence-corrected chi connectivity index (χ3v) is 6.61. The van der Waals surface area contributed by atoms with E-state index in [2.05, 4.69) is 10.00 Å². The van der Waals surface area contributed by atoms with Crippen molar-refractivity contribution in [3.05, 3.63) is 46.0 Å². The average Bonchev–Trinajstić information content (AvgIpc) is 3.28. The Balaban J connectivity index is 1.37. The van der Waals surface area contributed by atoms with Crippen LogP contribution in [0.2, 0.25) is 0 Å². The molecule has 0 amide bonds. The number of carboxylic acid groups (broad SMARTS) is 1. The first kappa shape index (κ1) is 19.0. The van der Waals surface area contributed by atoms with Crippen LogP contribution in [0.1, 0.15) is 58.6 Å². The molecule has 1 aliphatic heterocycles. The Morgan fingerprint density at radius 1 is 1.21 bits per heavy atom. The first-order valence-electron chi connectivity index (χ1n) is 10.3. The number of fused-ring (bicyclic) bond motifs is 1. The fourth-order valence-electron chi connectivity index (χ4n) is 4.75. The van der Waals surface area contributed by atoms with Crippen LogP contribution in [0.15, 0.2) is 12.1 Å². The van der Waals surface area contributed by atoms with E-state index in [1.54, 1.807) is 6.07 Å². The van der Waals surface area contributed by atoms with Crippen LogP contribution in [-0.4, -0.2) is 33.9 Å². The Labute approximate surface area is 165 Å². The molecule has 2 aromatic rings. The van der Waals surface area contributed by atoms with Gasteiger partial charge in [-0.2, -0.15) is 5.10 Å². The van der Waals surface area contributed by atoms with Crippen molar-refractivity contribution in [2.45, 2.75) is 58.9 Å². The molecule has 0 saturated carbocycles. The number of halogens is 1. The summed E-state index contributed by atoms with van der Waals surface area (Å²) in [6, 6.07) is 3.47. The maximum absolute atomic E-state index is 13.7. The second-order valence-corrected chi connectivity index (χ2v) is 8.19. The maximum atomic E-state index is 13.7. The number of benzene rings is 1. The lowest BCUT2D eigenvalue weighted by Gasteiger charge is -2.35. The Hall–Kier alpha value is -2.37. The smallest absolute Gasteiger partial charge is 0.356 e. The second kappa shape index (κ2) is 7.57. The topological polar surface area (TPSA) is 58.4 Å². The van der Waals surface area contributed by atoms with Crippen LogP contribution in [0.25, 0.3) is 0 Å². The summed E-state index contributed by atoms with van der Waals surface area (Å²) >= 11 is 0. The van der Waals surface area contributed by atoms with Crippen molar-refractivity contribution in [2.24, 2.45) is 5.92 Å². The molecule has 1 saturated heterocycles. The fraction of sp³-hybridized carbons (Fsp3) is 0.545. The molecule has 5 nitrogen and oxygen atoms in total. The summed E-state index contributed by atoms with van der Waals surface area (Å²) in [6.45, 7) is 6.60. The van der Waals surface area contributed by atoms with Crippen LogP contribution in [0.3, 0.4) is 0 Å². The normalized spacial score (nSPS) is 17.2. The summed E-state index contributed by atoms with van der Waals surface area (Å²) in [6.07, 6.45) is 6.05. The minimum Gasteiger partial charge on any atom is -0.476 e. The van der Waals surface area contributed by atoms with Gasteiger partial charge in [0.05, 0.1) is 0 Å². The van der Waals surface area contributed by atoms with Gasteiger partial charge in [0.2, 0.25) is 0 Å². The number of carboxylic acids is 1. The van der Waals surface area contributed by atoms with E-state index in [1.165, 1.54) is 0 Å². The standard InChI is InChI=1S/C22H28FN3O2/c1-14-15(2)19(7-6-18(14)23)25-11-8-16(9-12-25)10-13-26-20-5-3-4-17(20)21(24-26)22(27)28/h6-7,16H,3-5,8-13H2,1-2H3,(H,27,28). The van der Waals surface area contributed by atoms with Crippen molar-refractivity contribution in [1.82, 2.24) is 9.78 Å². The molecule has 0 radical (unpaired) electrons. The van der Waals surface area contributed by atoms with Gasteiger partial charge in [0.15, 0.2) is 5.69 Å². The number of hydrogen-bond acceptors (Lipinski definition) is 3. The molecular weight excluding hydrogens is 357 g/mol. The molecule has 150 valence electrons. The van der Waals surface area contributed by atoms with Gasteiger partial charge >= 0.3 is 5.97 Å². The van der Waals surface area contributed by atoms with E-state index in [1.807, 2.05) is 24.6 Å². The largest absolute Gasteiger partial charge is 0.476 e. The number of hydrogen-bond donors (Lipinski definition) is 1. The Bertz CT molecular complexity index is 898. The summed E-state index contributed by atoms with van der Waals surface area (Å²) in [4.78, 5) is 13.8. The highest BCUT2D eigenvalue weighted by Crippen LogP contribution is 2.31. The molecule has 2 heterocycles. The molecule has 0 unspecified atom stereocenters. The van der Waals surface area contributed by atoms with Crippen molar-refractivity contribution >= 4 is 11.7 Å². The number of aromatic carboxylic acids is 1. The molecule has 2 aliphatic rings. The number of aryl methyl sites for hydroxylation is 1. The quantitative estimate of drug-likeness (QED) is 0.841. The first-order valence-corrected chi connectivity index (χ1v) is 10.3. The van der Waals surface area contributed by atoms with Crippen LogP contribution >= 0.6 is 0 Å². The van der Waals surface area contributed by atoms with E-state index in [0.717, 1.165) is 86.2 Å². The lowest BCUT2D eigenvalue weighted by Crippen LogP contribution is -2.34. The minimum atomic E-state index is -0.907. The van der Waals surface area contributed by atoms with Crippen LogP contribution in [0.4, 0.5) is 10.1 Å². The molecule has 0 bridgehead atoms. The summed E-state index contributed by atoms with van der Waals surface area (Å²) in [7, 11) is 0. The SMILES string of the molecule is Cc1c(F)ccc(N2CCC(CCn3nc(C(=O)O)c4c3CCC4)CC2)c1C. The van der Waals surface area contributed by atoms with Crippen molar-refractivity contribution in [2.75, 3.05) is 18.0 Å². The first-order chi connectivity index (χ1) is 13.5. The van der Waals surface area contributed by atoms with Gasteiger partial charge in [0.1, 0.15) is 5.82 Å². The number of carbonyl (C=O) groups is 1. The zero-order valence-corrected chi connectivity index (χ0v) is 16.7. The fourth-order valence-corrected chi connectivity index (χ4v) is 4.75. The molecule has 1 N–H and O–H groups in total. The van der Waals surface area contributed by atoms with Gasteiger partial charge in [-0.05, 0) is 81.5 Å². The predicted octanol–water partition coefficient (Wildman–Crippen LogP) is 4.13. The predicted molar refractivity (Wildman–Crippen MR) is 107 cm³/mol. The molecule has 1 fully saturated rings. The van der Waals surface area contributed by atoms with Crippen LogP contribution in [-0.2, 0) is 19.4 Å². The molecule has 0 atom stereocenters. The molecule has 0 spiro atoms. The minimum absolute atomic E-state index is 0.136. The third-order valence-electron chi connectivity index (χ3n) is 6.61. The Morgan fingerprint density at radius 3 is 2.68 bits per heavy atom. The zero-order chi connectivity index (χ0) is 19.8. The highest BCUT2D eigenvalue weighted by molar-refractivity contribution is 5.87. The maximum Gasteiger partial charge on any atom is 0.356 e. The van der Waals surface area contributed by atoms with E-state index in [0.29, 0.717) is 5.92 Å². The molecule has 1 aromatic carbocycles. The summed E-state index contributed by atoms with van der Waals surface area (Å²) in [5, 5.41) is 13.7. The van der Waals surface area contributed by atoms with Crippen LogP contribution in [0, 0.1) is 25.6 Å². The number of piperidine rings is 1. The van der Waals surface area contributed by atoms with Crippen molar-refractivity contribution < 1.29 is 14.3 Å². The zero-order valence-electron chi connectivity index (χ0n) is 16.7. The molecule has 4 rings (SSSR count). The van der Waals surface area contributed by atoms with E-state index in [-0.39, 0.29) is 11.5 Å². The third kappa shape index (κ3) is 3.40. The summed E-state index contributed by atoms with van der Waals surface area (Å²) in [5.41, 5.74) is 5.25. The van der Waals surface area contributed by atoms with Gasteiger partial charge in [-0.15, -0.1) is 0 Å². The van der Waals surface area contributed by atoms with E-state index in [9.17, 15) is 14.3 Å². The molecule has 6 heteroatoms. The number of aromatic nitrogens is 2. The summed E-state index contributed by atoms with van der Waals surface area (Å²) in [5.74, 6) is -0.425. The van der Waals surface area contributed by atoms with Crippen LogP contribution < -0.4 is 4.90 Å².